The molecule has 7 heteroatoms. The van der Waals surface area contributed by atoms with Gasteiger partial charge in [0.05, 0.1) is 5.69 Å². The third-order valence-electron chi connectivity index (χ3n) is 5.50. The minimum atomic E-state index is -0.478. The molecular formula is C24H26FN3O3. The van der Waals surface area contributed by atoms with Gasteiger partial charge in [0.2, 0.25) is 5.91 Å². The van der Waals surface area contributed by atoms with Gasteiger partial charge in [0.25, 0.3) is 5.91 Å². The Morgan fingerprint density at radius 3 is 2.65 bits per heavy atom. The molecule has 4 rings (SSSR count). The lowest BCUT2D eigenvalue weighted by Crippen LogP contribution is -2.44. The molecular weight excluding hydrogens is 397 g/mol. The molecule has 2 amide bonds. The zero-order valence-corrected chi connectivity index (χ0v) is 17.4. The quantitative estimate of drug-likeness (QED) is 0.549. The molecule has 0 spiro atoms. The maximum atomic E-state index is 14.1. The Kier molecular flexibility index (Phi) is 6.62. The van der Waals surface area contributed by atoms with E-state index in [1.807, 2.05) is 0 Å². The van der Waals surface area contributed by atoms with E-state index in [-0.39, 0.29) is 23.8 Å². The number of carbonyl (C=O) groups is 2. The maximum Gasteiger partial charge on any atom is 0.294 e. The van der Waals surface area contributed by atoms with E-state index in [9.17, 15) is 14.0 Å². The molecule has 1 saturated heterocycles. The number of benzene rings is 2. The molecule has 2 aromatic carbocycles. The van der Waals surface area contributed by atoms with Crippen molar-refractivity contribution in [1.82, 2.24) is 10.2 Å². The van der Waals surface area contributed by atoms with Gasteiger partial charge < -0.3 is 15.0 Å². The SMILES string of the molecule is O=C(CN1C(=O)/C(=C/c2ccccc2F)Oc2ccccc21)NCCCN1CCCC1. The van der Waals surface area contributed by atoms with Gasteiger partial charge >= 0.3 is 0 Å². The van der Waals surface area contributed by atoms with E-state index in [0.29, 0.717) is 18.0 Å². The topological polar surface area (TPSA) is 61.9 Å². The number of nitrogens with zero attached hydrogens (tertiary/aromatic N) is 2. The van der Waals surface area contributed by atoms with E-state index in [0.717, 1.165) is 26.1 Å². The Labute approximate surface area is 181 Å². The highest BCUT2D eigenvalue weighted by atomic mass is 19.1. The van der Waals surface area contributed by atoms with Gasteiger partial charge in [0.15, 0.2) is 11.5 Å². The molecule has 162 valence electrons. The van der Waals surface area contributed by atoms with E-state index in [1.165, 1.54) is 29.9 Å². The highest BCUT2D eigenvalue weighted by Crippen LogP contribution is 2.35. The molecule has 0 radical (unpaired) electrons. The molecule has 1 N–H and O–H groups in total. The summed E-state index contributed by atoms with van der Waals surface area (Å²) in [5.74, 6) is -0.740. The van der Waals surface area contributed by atoms with Crippen LogP contribution in [0.15, 0.2) is 54.3 Å². The van der Waals surface area contributed by atoms with Crippen molar-refractivity contribution in [3.63, 3.8) is 0 Å². The van der Waals surface area contributed by atoms with Gasteiger partial charge in [0, 0.05) is 12.1 Å². The lowest BCUT2D eigenvalue weighted by molar-refractivity contribution is -0.123. The summed E-state index contributed by atoms with van der Waals surface area (Å²) in [6.45, 7) is 3.66. The number of fused-ring (bicyclic) bond motifs is 1. The largest absolute Gasteiger partial charge is 0.449 e. The van der Waals surface area contributed by atoms with Gasteiger partial charge in [-0.25, -0.2) is 4.39 Å². The maximum absolute atomic E-state index is 14.1. The van der Waals surface area contributed by atoms with Gasteiger partial charge in [-0.15, -0.1) is 0 Å². The molecule has 2 aliphatic heterocycles. The minimum Gasteiger partial charge on any atom is -0.449 e. The second kappa shape index (κ2) is 9.75. The minimum absolute atomic E-state index is 0.0226. The molecule has 2 aliphatic rings. The zero-order valence-electron chi connectivity index (χ0n) is 17.4. The van der Waals surface area contributed by atoms with Crippen LogP contribution < -0.4 is 15.0 Å². The number of anilines is 1. The summed E-state index contributed by atoms with van der Waals surface area (Å²) in [7, 11) is 0. The summed E-state index contributed by atoms with van der Waals surface area (Å²) in [4.78, 5) is 29.4. The summed E-state index contributed by atoms with van der Waals surface area (Å²) < 4.78 is 19.8. The van der Waals surface area contributed by atoms with Crippen molar-refractivity contribution in [2.24, 2.45) is 0 Å². The first-order valence-corrected chi connectivity index (χ1v) is 10.7. The van der Waals surface area contributed by atoms with Crippen molar-refractivity contribution < 1.29 is 18.7 Å². The summed E-state index contributed by atoms with van der Waals surface area (Å²) in [5, 5.41) is 2.90. The Morgan fingerprint density at radius 2 is 1.84 bits per heavy atom. The van der Waals surface area contributed by atoms with Gasteiger partial charge in [0.1, 0.15) is 12.4 Å². The smallest absolute Gasteiger partial charge is 0.294 e. The number of rotatable bonds is 7. The first-order valence-electron chi connectivity index (χ1n) is 10.7. The molecule has 31 heavy (non-hydrogen) atoms. The number of halogens is 1. The highest BCUT2D eigenvalue weighted by molar-refractivity contribution is 6.12. The number of para-hydroxylation sites is 2. The molecule has 0 aliphatic carbocycles. The Bertz CT molecular complexity index is 986. The van der Waals surface area contributed by atoms with Crippen LogP contribution in [0.5, 0.6) is 5.75 Å². The molecule has 0 saturated carbocycles. The van der Waals surface area contributed by atoms with Gasteiger partial charge in [-0.1, -0.05) is 30.3 Å². The number of hydrogen-bond donors (Lipinski definition) is 1. The molecule has 0 atom stereocenters. The monoisotopic (exact) mass is 423 g/mol. The van der Waals surface area contributed by atoms with E-state index < -0.39 is 11.7 Å². The lowest BCUT2D eigenvalue weighted by atomic mass is 10.1. The fourth-order valence-corrected chi connectivity index (χ4v) is 3.89. The number of carbonyl (C=O) groups excluding carboxylic acids is 2. The Balaban J connectivity index is 1.44. The second-order valence-electron chi connectivity index (χ2n) is 7.74. The Hall–Kier alpha value is -3.19. The molecule has 2 aromatic rings. The summed E-state index contributed by atoms with van der Waals surface area (Å²) in [6.07, 6.45) is 4.73. The average Bonchev–Trinajstić information content (AvgIpc) is 3.29. The number of nitrogens with one attached hydrogen (secondary N) is 1. The van der Waals surface area contributed by atoms with E-state index in [1.54, 1.807) is 42.5 Å². The van der Waals surface area contributed by atoms with Crippen LogP contribution in [0.3, 0.4) is 0 Å². The number of ether oxygens (including phenoxy) is 1. The first kappa shape index (κ1) is 21.1. The molecule has 0 unspecified atom stereocenters. The van der Waals surface area contributed by atoms with Crippen LogP contribution in [0.1, 0.15) is 24.8 Å². The number of likely N-dealkylation sites (tertiary alicyclic amines) is 1. The van der Waals surface area contributed by atoms with Crippen LogP contribution in [-0.4, -0.2) is 49.4 Å². The normalized spacial score (nSPS) is 17.5. The van der Waals surface area contributed by atoms with E-state index >= 15 is 0 Å². The van der Waals surface area contributed by atoms with Crippen molar-refractivity contribution in [3.05, 3.63) is 65.7 Å². The molecule has 6 nitrogen and oxygen atoms in total. The third-order valence-corrected chi connectivity index (χ3v) is 5.50. The van der Waals surface area contributed by atoms with Crippen LogP contribution in [0, 0.1) is 5.82 Å². The van der Waals surface area contributed by atoms with Gasteiger partial charge in [-0.05, 0) is 63.2 Å². The number of hydrogen-bond acceptors (Lipinski definition) is 4. The Morgan fingerprint density at radius 1 is 1.10 bits per heavy atom. The predicted molar refractivity (Wildman–Crippen MR) is 117 cm³/mol. The van der Waals surface area contributed by atoms with Gasteiger partial charge in [-0.3, -0.25) is 14.5 Å². The van der Waals surface area contributed by atoms with Crippen LogP contribution in [-0.2, 0) is 9.59 Å². The van der Waals surface area contributed by atoms with Crippen molar-refractivity contribution in [1.29, 1.82) is 0 Å². The fraction of sp³-hybridized carbons (Fsp3) is 0.333. The van der Waals surface area contributed by atoms with Crippen LogP contribution in [0.2, 0.25) is 0 Å². The van der Waals surface area contributed by atoms with E-state index in [2.05, 4.69) is 10.2 Å². The standard InChI is InChI=1S/C24H26FN3O3/c25-19-9-2-1-8-18(19)16-22-24(30)28(20-10-3-4-11-21(20)31-22)17-23(29)26-12-7-15-27-13-5-6-14-27/h1-4,8-11,16H,5-7,12-15,17H2,(H,26,29)/b22-16-. The molecule has 2 heterocycles. The summed E-state index contributed by atoms with van der Waals surface area (Å²) in [5.41, 5.74) is 0.766. The highest BCUT2D eigenvalue weighted by Gasteiger charge is 2.31. The summed E-state index contributed by atoms with van der Waals surface area (Å²) in [6, 6.07) is 13.2. The van der Waals surface area contributed by atoms with Crippen LogP contribution in [0.25, 0.3) is 6.08 Å². The van der Waals surface area contributed by atoms with Gasteiger partial charge in [-0.2, -0.15) is 0 Å². The predicted octanol–water partition coefficient (Wildman–Crippen LogP) is 3.19. The van der Waals surface area contributed by atoms with Crippen molar-refractivity contribution in [3.8, 4) is 5.75 Å². The van der Waals surface area contributed by atoms with Crippen molar-refractivity contribution >= 4 is 23.6 Å². The van der Waals surface area contributed by atoms with E-state index in [4.69, 9.17) is 4.74 Å². The lowest BCUT2D eigenvalue weighted by Gasteiger charge is -2.30. The third kappa shape index (κ3) is 5.11. The molecule has 1 fully saturated rings. The zero-order chi connectivity index (χ0) is 21.6. The first-order chi connectivity index (χ1) is 15.1. The second-order valence-corrected chi connectivity index (χ2v) is 7.74. The molecule has 0 aromatic heterocycles. The number of amides is 2. The molecule has 0 bridgehead atoms. The van der Waals surface area contributed by atoms with Crippen molar-refractivity contribution in [2.45, 2.75) is 19.3 Å². The van der Waals surface area contributed by atoms with Crippen molar-refractivity contribution in [2.75, 3.05) is 37.6 Å². The fourth-order valence-electron chi connectivity index (χ4n) is 3.89. The average molecular weight is 423 g/mol. The van der Waals surface area contributed by atoms with Crippen LogP contribution >= 0.6 is 0 Å². The van der Waals surface area contributed by atoms with Crippen LogP contribution in [0.4, 0.5) is 10.1 Å². The summed E-state index contributed by atoms with van der Waals surface area (Å²) >= 11 is 0.